The van der Waals surface area contributed by atoms with Crippen LogP contribution in [0.1, 0.15) is 5.56 Å². The molecule has 6 nitrogen and oxygen atoms in total. The van der Waals surface area contributed by atoms with Gasteiger partial charge in [0.15, 0.2) is 0 Å². The molecule has 0 radical (unpaired) electrons. The number of carboxylic acid groups (broad SMARTS) is 1. The highest BCUT2D eigenvalue weighted by molar-refractivity contribution is 9.10. The molecule has 1 aromatic carbocycles. The van der Waals surface area contributed by atoms with E-state index in [0.717, 1.165) is 10.0 Å². The largest absolute Gasteiger partial charge is 0.465 e. The van der Waals surface area contributed by atoms with Gasteiger partial charge in [-0.2, -0.15) is 0 Å². The first-order valence-corrected chi connectivity index (χ1v) is 5.74. The molecule has 1 aliphatic rings. The number of rotatable bonds is 1. The molecule has 0 spiro atoms. The van der Waals surface area contributed by atoms with Gasteiger partial charge in [-0.15, -0.1) is 0 Å². The number of hydrogen-bond donors (Lipinski definition) is 1. The van der Waals surface area contributed by atoms with Crippen LogP contribution < -0.4 is 4.90 Å². The maximum Gasteiger partial charge on any atom is 0.411 e. The zero-order chi connectivity index (χ0) is 12.4. The Kier molecular flexibility index (Phi) is 3.21. The molecule has 0 aromatic heterocycles. The first-order chi connectivity index (χ1) is 8.11. The van der Waals surface area contributed by atoms with E-state index in [9.17, 15) is 4.79 Å². The van der Waals surface area contributed by atoms with Crippen LogP contribution in [0.5, 0.6) is 0 Å². The maximum absolute atomic E-state index is 11.1. The highest BCUT2D eigenvalue weighted by atomic mass is 79.9. The van der Waals surface area contributed by atoms with Gasteiger partial charge in [0, 0.05) is 15.9 Å². The van der Waals surface area contributed by atoms with Crippen LogP contribution in [0.2, 0.25) is 0 Å². The number of amides is 1. The van der Waals surface area contributed by atoms with Gasteiger partial charge in [-0.1, -0.05) is 21.0 Å². The molecule has 1 amide bonds. The molecule has 0 fully saturated rings. The van der Waals surface area contributed by atoms with Crippen LogP contribution in [0.25, 0.3) is 10.4 Å². The molecule has 0 saturated carbocycles. The number of halogens is 1. The SMILES string of the molecule is [N-]=[N+]=NC1Cc2cc(Br)ccc2N(C(=O)O)C1. The molecule has 1 atom stereocenters. The van der Waals surface area contributed by atoms with Gasteiger partial charge in [0.1, 0.15) is 0 Å². The molecule has 0 aliphatic carbocycles. The Morgan fingerprint density at radius 1 is 1.65 bits per heavy atom. The van der Waals surface area contributed by atoms with Gasteiger partial charge in [0.2, 0.25) is 0 Å². The Morgan fingerprint density at radius 3 is 3.06 bits per heavy atom. The number of anilines is 1. The summed E-state index contributed by atoms with van der Waals surface area (Å²) in [5.74, 6) is 0. The Balaban J connectivity index is 2.44. The van der Waals surface area contributed by atoms with Crippen LogP contribution in [-0.4, -0.2) is 23.8 Å². The third-order valence-corrected chi connectivity index (χ3v) is 3.12. The van der Waals surface area contributed by atoms with E-state index in [1.807, 2.05) is 6.07 Å². The zero-order valence-corrected chi connectivity index (χ0v) is 10.3. The smallest absolute Gasteiger partial charge is 0.411 e. The predicted molar refractivity (Wildman–Crippen MR) is 66.2 cm³/mol. The predicted octanol–water partition coefficient (Wildman–Crippen LogP) is 3.17. The van der Waals surface area contributed by atoms with Crippen molar-refractivity contribution in [1.29, 1.82) is 0 Å². The van der Waals surface area contributed by atoms with E-state index in [-0.39, 0.29) is 12.6 Å². The van der Waals surface area contributed by atoms with E-state index >= 15 is 0 Å². The van der Waals surface area contributed by atoms with Gasteiger partial charge in [-0.25, -0.2) is 4.79 Å². The van der Waals surface area contributed by atoms with Crippen molar-refractivity contribution in [3.8, 4) is 0 Å². The van der Waals surface area contributed by atoms with Gasteiger partial charge < -0.3 is 5.11 Å². The maximum atomic E-state index is 11.1. The van der Waals surface area contributed by atoms with Gasteiger partial charge >= 0.3 is 6.09 Å². The van der Waals surface area contributed by atoms with Crippen LogP contribution >= 0.6 is 15.9 Å². The zero-order valence-electron chi connectivity index (χ0n) is 8.75. The van der Waals surface area contributed by atoms with Crippen molar-refractivity contribution >= 4 is 27.7 Å². The minimum absolute atomic E-state index is 0.202. The Morgan fingerprint density at radius 2 is 2.41 bits per heavy atom. The second-order valence-corrected chi connectivity index (χ2v) is 4.64. The number of carbonyl (C=O) groups is 1. The summed E-state index contributed by atoms with van der Waals surface area (Å²) in [6.07, 6.45) is -0.478. The summed E-state index contributed by atoms with van der Waals surface area (Å²) in [4.78, 5) is 15.1. The standard InChI is InChI=1S/C10H9BrN4O2/c11-7-1-2-9-6(3-7)4-8(13-14-12)5-15(9)10(16)17/h1-3,8H,4-5H2,(H,16,17). The minimum Gasteiger partial charge on any atom is -0.465 e. The summed E-state index contributed by atoms with van der Waals surface area (Å²) in [5, 5.41) is 12.7. The molecular formula is C10H9BrN4O2. The number of hydrogen-bond acceptors (Lipinski definition) is 2. The fourth-order valence-electron chi connectivity index (χ4n) is 1.94. The average Bonchev–Trinajstić information content (AvgIpc) is 2.27. The quantitative estimate of drug-likeness (QED) is 0.490. The third kappa shape index (κ3) is 2.35. The molecule has 1 unspecified atom stereocenters. The Hall–Kier alpha value is -1.72. The van der Waals surface area contributed by atoms with E-state index in [1.165, 1.54) is 4.90 Å². The lowest BCUT2D eigenvalue weighted by Gasteiger charge is -2.30. The van der Waals surface area contributed by atoms with Gasteiger partial charge in [-0.05, 0) is 35.7 Å². The molecule has 88 valence electrons. The van der Waals surface area contributed by atoms with E-state index in [0.29, 0.717) is 12.1 Å². The van der Waals surface area contributed by atoms with Crippen molar-refractivity contribution in [2.75, 3.05) is 11.4 Å². The van der Waals surface area contributed by atoms with E-state index < -0.39 is 6.09 Å². The van der Waals surface area contributed by atoms with Crippen LogP contribution in [0.3, 0.4) is 0 Å². The number of fused-ring (bicyclic) bond motifs is 1. The fraction of sp³-hybridized carbons (Fsp3) is 0.300. The highest BCUT2D eigenvalue weighted by Crippen LogP contribution is 2.30. The summed E-state index contributed by atoms with van der Waals surface area (Å²) in [5.41, 5.74) is 9.95. The van der Waals surface area contributed by atoms with Crippen molar-refractivity contribution in [3.63, 3.8) is 0 Å². The molecule has 1 N–H and O–H groups in total. The van der Waals surface area contributed by atoms with Crippen LogP contribution in [0.15, 0.2) is 27.8 Å². The lowest BCUT2D eigenvalue weighted by Crippen LogP contribution is -2.40. The number of benzene rings is 1. The summed E-state index contributed by atoms with van der Waals surface area (Å²) >= 11 is 3.34. The molecular weight excluding hydrogens is 288 g/mol. The number of nitrogens with zero attached hydrogens (tertiary/aromatic N) is 4. The monoisotopic (exact) mass is 296 g/mol. The minimum atomic E-state index is -1.04. The average molecular weight is 297 g/mol. The number of azide groups is 1. The normalized spacial score (nSPS) is 18.2. The summed E-state index contributed by atoms with van der Waals surface area (Å²) < 4.78 is 0.878. The van der Waals surface area contributed by atoms with Crippen LogP contribution in [0, 0.1) is 0 Å². The molecule has 7 heteroatoms. The molecule has 2 rings (SSSR count). The molecule has 0 bridgehead atoms. The van der Waals surface area contributed by atoms with Gasteiger partial charge in [-0.3, -0.25) is 4.90 Å². The van der Waals surface area contributed by atoms with Crippen molar-refractivity contribution in [1.82, 2.24) is 0 Å². The third-order valence-electron chi connectivity index (χ3n) is 2.63. The van der Waals surface area contributed by atoms with Gasteiger partial charge in [0.25, 0.3) is 0 Å². The second kappa shape index (κ2) is 4.65. The van der Waals surface area contributed by atoms with Gasteiger partial charge in [0.05, 0.1) is 11.7 Å². The molecule has 1 heterocycles. The van der Waals surface area contributed by atoms with Crippen molar-refractivity contribution in [2.24, 2.45) is 5.11 Å². The Labute approximate surface area is 106 Å². The van der Waals surface area contributed by atoms with Crippen LogP contribution in [-0.2, 0) is 6.42 Å². The summed E-state index contributed by atoms with van der Waals surface area (Å²) in [7, 11) is 0. The van der Waals surface area contributed by atoms with Crippen molar-refractivity contribution < 1.29 is 9.90 Å². The van der Waals surface area contributed by atoms with E-state index in [4.69, 9.17) is 10.6 Å². The van der Waals surface area contributed by atoms with E-state index in [1.54, 1.807) is 12.1 Å². The first kappa shape index (κ1) is 11.8. The molecule has 1 aliphatic heterocycles. The van der Waals surface area contributed by atoms with E-state index in [2.05, 4.69) is 26.0 Å². The fourth-order valence-corrected chi connectivity index (χ4v) is 2.35. The second-order valence-electron chi connectivity index (χ2n) is 3.73. The van der Waals surface area contributed by atoms with Crippen LogP contribution in [0.4, 0.5) is 10.5 Å². The summed E-state index contributed by atoms with van der Waals surface area (Å²) in [6.45, 7) is 0.202. The lowest BCUT2D eigenvalue weighted by atomic mass is 9.99. The molecule has 1 aromatic rings. The topological polar surface area (TPSA) is 89.3 Å². The molecule has 17 heavy (non-hydrogen) atoms. The highest BCUT2D eigenvalue weighted by Gasteiger charge is 2.27. The lowest BCUT2D eigenvalue weighted by molar-refractivity contribution is 0.200. The van der Waals surface area contributed by atoms with Crippen molar-refractivity contribution in [3.05, 3.63) is 38.7 Å². The first-order valence-electron chi connectivity index (χ1n) is 4.95. The summed E-state index contributed by atoms with van der Waals surface area (Å²) in [6, 6.07) is 5.05. The Bertz CT molecular complexity index is 513. The van der Waals surface area contributed by atoms with Crippen molar-refractivity contribution in [2.45, 2.75) is 12.5 Å². The molecule has 0 saturated heterocycles.